The van der Waals surface area contributed by atoms with Crippen molar-refractivity contribution in [2.75, 3.05) is 25.0 Å². The van der Waals surface area contributed by atoms with Gasteiger partial charge in [-0.25, -0.2) is 0 Å². The molecule has 1 aromatic carbocycles. The maximum absolute atomic E-state index is 13.4. The van der Waals surface area contributed by atoms with Gasteiger partial charge < -0.3 is 15.5 Å². The fourth-order valence-electron chi connectivity index (χ4n) is 6.49. The number of carbonyl (C=O) groups excluding carboxylic acids is 2. The third kappa shape index (κ3) is 4.35. The first-order valence-corrected chi connectivity index (χ1v) is 11.7. The van der Waals surface area contributed by atoms with E-state index in [-0.39, 0.29) is 23.1 Å². The molecule has 0 radical (unpaired) electrons. The summed E-state index contributed by atoms with van der Waals surface area (Å²) in [5, 5.41) is 6.23. The standard InChI is InChI=1S/C25H37N3O2/c1-17(2)22(23(29)26-9-10-28(3)21-7-5-4-6-8-21)27-24(30)25-14-18-11-19(15-25)13-20(12-18)16-25/h4-8,17-20,22H,9-16H2,1-3H3,(H,26,29)(H,27,30)/t18?,19?,20?,22-,25?/m0/s1. The highest BCUT2D eigenvalue weighted by molar-refractivity contribution is 5.90. The number of hydrogen-bond acceptors (Lipinski definition) is 3. The first-order chi connectivity index (χ1) is 14.4. The molecule has 30 heavy (non-hydrogen) atoms. The summed E-state index contributed by atoms with van der Waals surface area (Å²) in [6, 6.07) is 9.68. The van der Waals surface area contributed by atoms with Gasteiger partial charge in [-0.15, -0.1) is 0 Å². The SMILES string of the molecule is CC(C)[C@H](NC(=O)C12CC3CC(CC(C3)C1)C2)C(=O)NCCN(C)c1ccccc1. The molecule has 5 heteroatoms. The predicted molar refractivity (Wildman–Crippen MR) is 120 cm³/mol. The molecule has 1 atom stereocenters. The van der Waals surface area contributed by atoms with Crippen LogP contribution in [0.1, 0.15) is 52.4 Å². The van der Waals surface area contributed by atoms with Gasteiger partial charge in [-0.05, 0) is 74.3 Å². The largest absolute Gasteiger partial charge is 0.373 e. The van der Waals surface area contributed by atoms with Crippen LogP contribution in [-0.2, 0) is 9.59 Å². The summed E-state index contributed by atoms with van der Waals surface area (Å²) in [6.45, 7) is 5.31. The Kier molecular flexibility index (Phi) is 6.08. The van der Waals surface area contributed by atoms with E-state index < -0.39 is 6.04 Å². The average Bonchev–Trinajstić information content (AvgIpc) is 2.71. The summed E-state index contributed by atoms with van der Waals surface area (Å²) in [4.78, 5) is 28.4. The second-order valence-corrected chi connectivity index (χ2v) is 10.4. The van der Waals surface area contributed by atoms with Crippen molar-refractivity contribution in [3.8, 4) is 0 Å². The topological polar surface area (TPSA) is 61.4 Å². The van der Waals surface area contributed by atoms with Crippen molar-refractivity contribution >= 4 is 17.5 Å². The highest BCUT2D eigenvalue weighted by atomic mass is 16.2. The molecular weight excluding hydrogens is 374 g/mol. The van der Waals surface area contributed by atoms with Crippen molar-refractivity contribution in [2.24, 2.45) is 29.1 Å². The molecule has 4 bridgehead atoms. The van der Waals surface area contributed by atoms with Crippen LogP contribution in [0.3, 0.4) is 0 Å². The minimum absolute atomic E-state index is 0.0646. The van der Waals surface area contributed by atoms with Crippen molar-refractivity contribution in [1.29, 1.82) is 0 Å². The Hall–Kier alpha value is -2.04. The van der Waals surface area contributed by atoms with Crippen LogP contribution in [0, 0.1) is 29.1 Å². The van der Waals surface area contributed by atoms with Gasteiger partial charge in [-0.3, -0.25) is 9.59 Å². The summed E-state index contributed by atoms with van der Waals surface area (Å²) in [7, 11) is 2.02. The predicted octanol–water partition coefficient (Wildman–Crippen LogP) is 3.60. The Labute approximate surface area is 181 Å². The third-order valence-electron chi connectivity index (χ3n) is 7.70. The lowest BCUT2D eigenvalue weighted by Gasteiger charge is -2.55. The molecule has 0 heterocycles. The van der Waals surface area contributed by atoms with Crippen LogP contribution in [0.5, 0.6) is 0 Å². The van der Waals surface area contributed by atoms with Gasteiger partial charge in [0.05, 0.1) is 0 Å². The van der Waals surface area contributed by atoms with E-state index in [4.69, 9.17) is 0 Å². The molecule has 0 aromatic heterocycles. The third-order valence-corrected chi connectivity index (χ3v) is 7.70. The van der Waals surface area contributed by atoms with Crippen LogP contribution in [0.15, 0.2) is 30.3 Å². The number of carbonyl (C=O) groups is 2. The molecule has 164 valence electrons. The zero-order valence-corrected chi connectivity index (χ0v) is 18.7. The van der Waals surface area contributed by atoms with Gasteiger partial charge >= 0.3 is 0 Å². The van der Waals surface area contributed by atoms with Crippen LogP contribution < -0.4 is 15.5 Å². The number of anilines is 1. The molecule has 4 aliphatic rings. The lowest BCUT2D eigenvalue weighted by atomic mass is 9.49. The van der Waals surface area contributed by atoms with Crippen molar-refractivity contribution in [3.05, 3.63) is 30.3 Å². The van der Waals surface area contributed by atoms with E-state index in [0.29, 0.717) is 6.54 Å². The van der Waals surface area contributed by atoms with Gasteiger partial charge in [0, 0.05) is 31.2 Å². The number of benzene rings is 1. The summed E-state index contributed by atoms with van der Waals surface area (Å²) in [5.74, 6) is 2.31. The lowest BCUT2D eigenvalue weighted by Crippen LogP contribution is -2.58. The summed E-state index contributed by atoms with van der Waals surface area (Å²) in [6.07, 6.45) is 7.03. The Balaban J connectivity index is 1.32. The molecule has 2 amide bonds. The lowest BCUT2D eigenvalue weighted by molar-refractivity contribution is -0.149. The minimum Gasteiger partial charge on any atom is -0.373 e. The number of nitrogens with zero attached hydrogens (tertiary/aromatic N) is 1. The van der Waals surface area contributed by atoms with Crippen molar-refractivity contribution in [3.63, 3.8) is 0 Å². The van der Waals surface area contributed by atoms with Crippen molar-refractivity contribution in [2.45, 2.75) is 58.4 Å². The molecule has 4 fully saturated rings. The quantitative estimate of drug-likeness (QED) is 0.687. The fraction of sp³-hybridized carbons (Fsp3) is 0.680. The van der Waals surface area contributed by atoms with Gasteiger partial charge in [-0.2, -0.15) is 0 Å². The van der Waals surface area contributed by atoms with Crippen LogP contribution in [-0.4, -0.2) is 38.0 Å². The summed E-state index contributed by atoms with van der Waals surface area (Å²) < 4.78 is 0. The van der Waals surface area contributed by atoms with E-state index in [9.17, 15) is 9.59 Å². The van der Waals surface area contributed by atoms with Gasteiger partial charge in [0.15, 0.2) is 0 Å². The number of rotatable bonds is 8. The molecule has 4 aliphatic carbocycles. The van der Waals surface area contributed by atoms with Crippen LogP contribution in [0.4, 0.5) is 5.69 Å². The van der Waals surface area contributed by atoms with Crippen LogP contribution >= 0.6 is 0 Å². The molecule has 0 unspecified atom stereocenters. The molecule has 0 saturated heterocycles. The molecule has 4 saturated carbocycles. The van der Waals surface area contributed by atoms with Crippen molar-refractivity contribution in [1.82, 2.24) is 10.6 Å². The fourth-order valence-corrected chi connectivity index (χ4v) is 6.49. The van der Waals surface area contributed by atoms with Gasteiger partial charge in [-0.1, -0.05) is 32.0 Å². The number of likely N-dealkylation sites (N-methyl/N-ethyl adjacent to an activating group) is 1. The van der Waals surface area contributed by atoms with E-state index in [1.165, 1.54) is 19.3 Å². The molecule has 0 aliphatic heterocycles. The van der Waals surface area contributed by atoms with Crippen molar-refractivity contribution < 1.29 is 9.59 Å². The molecule has 0 spiro atoms. The van der Waals surface area contributed by atoms with E-state index in [0.717, 1.165) is 49.2 Å². The summed E-state index contributed by atoms with van der Waals surface area (Å²) >= 11 is 0. The Morgan fingerprint density at radius 2 is 1.60 bits per heavy atom. The van der Waals surface area contributed by atoms with Gasteiger partial charge in [0.25, 0.3) is 0 Å². The maximum Gasteiger partial charge on any atom is 0.242 e. The Morgan fingerprint density at radius 3 is 2.13 bits per heavy atom. The zero-order chi connectivity index (χ0) is 21.3. The minimum atomic E-state index is -0.465. The van der Waals surface area contributed by atoms with E-state index >= 15 is 0 Å². The van der Waals surface area contributed by atoms with E-state index in [1.807, 2.05) is 39.1 Å². The highest BCUT2D eigenvalue weighted by Crippen LogP contribution is 2.60. The first kappa shape index (κ1) is 21.2. The number of hydrogen-bond donors (Lipinski definition) is 2. The summed E-state index contributed by atoms with van der Waals surface area (Å²) in [5.41, 5.74) is 0.915. The van der Waals surface area contributed by atoms with E-state index in [1.54, 1.807) is 0 Å². The molecule has 2 N–H and O–H groups in total. The normalized spacial score (nSPS) is 30.2. The van der Waals surface area contributed by atoms with E-state index in [2.05, 4.69) is 27.7 Å². The maximum atomic E-state index is 13.4. The zero-order valence-electron chi connectivity index (χ0n) is 18.7. The van der Waals surface area contributed by atoms with Gasteiger partial charge in [0.2, 0.25) is 11.8 Å². The van der Waals surface area contributed by atoms with Gasteiger partial charge in [0.1, 0.15) is 6.04 Å². The molecule has 5 nitrogen and oxygen atoms in total. The first-order valence-electron chi connectivity index (χ1n) is 11.7. The highest BCUT2D eigenvalue weighted by Gasteiger charge is 2.55. The second kappa shape index (κ2) is 8.60. The van der Waals surface area contributed by atoms with Crippen LogP contribution in [0.25, 0.3) is 0 Å². The second-order valence-electron chi connectivity index (χ2n) is 10.4. The number of amides is 2. The number of para-hydroxylation sites is 1. The average molecular weight is 412 g/mol. The molecule has 1 aromatic rings. The Bertz CT molecular complexity index is 726. The Morgan fingerprint density at radius 1 is 1.03 bits per heavy atom. The molecular formula is C25H37N3O2. The smallest absolute Gasteiger partial charge is 0.242 e. The number of nitrogens with one attached hydrogen (secondary N) is 2. The van der Waals surface area contributed by atoms with Crippen LogP contribution in [0.2, 0.25) is 0 Å². The monoisotopic (exact) mass is 411 g/mol. The molecule has 5 rings (SSSR count).